The van der Waals surface area contributed by atoms with Gasteiger partial charge in [-0.3, -0.25) is 9.52 Å². The van der Waals surface area contributed by atoms with Crippen LogP contribution in [-0.4, -0.2) is 40.4 Å². The van der Waals surface area contributed by atoms with Crippen LogP contribution in [0.3, 0.4) is 0 Å². The number of methoxy groups -OCH3 is 1. The van der Waals surface area contributed by atoms with Crippen LogP contribution in [0.15, 0.2) is 46.9 Å². The number of anilines is 2. The summed E-state index contributed by atoms with van der Waals surface area (Å²) in [6.07, 6.45) is 1.15. The summed E-state index contributed by atoms with van der Waals surface area (Å²) in [5.41, 5.74) is 1.09. The molecule has 1 saturated heterocycles. The van der Waals surface area contributed by atoms with E-state index in [9.17, 15) is 13.2 Å². The first kappa shape index (κ1) is 22.6. The number of amides is 1. The van der Waals surface area contributed by atoms with Crippen LogP contribution in [0.1, 0.15) is 25.3 Å². The standard InChI is InChI=1S/C21H25BrN2O5S/c1-3-30(26,27)24-18-9-8-17(14-19(18)28-2)23-20(25)21(10-12-29-13-11-21)15-4-6-16(22)7-5-15/h4-9,14,24H,3,10-13H2,1-2H3,(H,23,25). The van der Waals surface area contributed by atoms with E-state index in [1.165, 1.54) is 7.11 Å². The molecule has 3 rings (SSSR count). The number of halogens is 1. The first-order valence-electron chi connectivity index (χ1n) is 9.63. The van der Waals surface area contributed by atoms with Crippen molar-refractivity contribution < 1.29 is 22.7 Å². The fourth-order valence-electron chi connectivity index (χ4n) is 3.48. The van der Waals surface area contributed by atoms with Gasteiger partial charge in [0.2, 0.25) is 15.9 Å². The van der Waals surface area contributed by atoms with Gasteiger partial charge in [-0.2, -0.15) is 0 Å². The van der Waals surface area contributed by atoms with Crippen molar-refractivity contribution in [3.8, 4) is 5.75 Å². The van der Waals surface area contributed by atoms with E-state index in [4.69, 9.17) is 9.47 Å². The predicted molar refractivity (Wildman–Crippen MR) is 121 cm³/mol. The first-order chi connectivity index (χ1) is 14.3. The van der Waals surface area contributed by atoms with Gasteiger partial charge in [-0.15, -0.1) is 0 Å². The number of carbonyl (C=O) groups excluding carboxylic acids is 1. The Morgan fingerprint density at radius 2 is 1.83 bits per heavy atom. The van der Waals surface area contributed by atoms with Crippen LogP contribution in [0, 0.1) is 0 Å². The molecule has 1 fully saturated rings. The zero-order chi connectivity index (χ0) is 21.8. The molecule has 1 amide bonds. The van der Waals surface area contributed by atoms with Crippen molar-refractivity contribution >= 4 is 43.2 Å². The smallest absolute Gasteiger partial charge is 0.235 e. The monoisotopic (exact) mass is 496 g/mol. The van der Waals surface area contributed by atoms with Gasteiger partial charge in [0, 0.05) is 29.4 Å². The Morgan fingerprint density at radius 1 is 1.17 bits per heavy atom. The molecule has 162 valence electrons. The number of sulfonamides is 1. The Morgan fingerprint density at radius 3 is 2.43 bits per heavy atom. The highest BCUT2D eigenvalue weighted by Gasteiger charge is 2.41. The van der Waals surface area contributed by atoms with E-state index in [0.717, 1.165) is 10.0 Å². The number of nitrogens with one attached hydrogen (secondary N) is 2. The molecule has 1 heterocycles. The minimum Gasteiger partial charge on any atom is -0.494 e. The third-order valence-electron chi connectivity index (χ3n) is 5.28. The van der Waals surface area contributed by atoms with Crippen LogP contribution in [-0.2, 0) is 25.0 Å². The van der Waals surface area contributed by atoms with Gasteiger partial charge >= 0.3 is 0 Å². The lowest BCUT2D eigenvalue weighted by atomic mass is 9.73. The lowest BCUT2D eigenvalue weighted by Crippen LogP contribution is -2.44. The Hall–Kier alpha value is -2.10. The van der Waals surface area contributed by atoms with Crippen LogP contribution in [0.25, 0.3) is 0 Å². The Kier molecular flexibility index (Phi) is 7.05. The van der Waals surface area contributed by atoms with E-state index >= 15 is 0 Å². The normalized spacial score (nSPS) is 16.0. The third-order valence-corrected chi connectivity index (χ3v) is 7.10. The lowest BCUT2D eigenvalue weighted by molar-refractivity contribution is -0.125. The molecule has 1 aliphatic rings. The summed E-state index contributed by atoms with van der Waals surface area (Å²) in [7, 11) is -1.99. The number of hydrogen-bond donors (Lipinski definition) is 2. The average Bonchev–Trinajstić information content (AvgIpc) is 2.75. The van der Waals surface area contributed by atoms with Crippen molar-refractivity contribution in [1.29, 1.82) is 0 Å². The molecule has 0 unspecified atom stereocenters. The lowest BCUT2D eigenvalue weighted by Gasteiger charge is -2.36. The molecular weight excluding hydrogens is 472 g/mol. The highest BCUT2D eigenvalue weighted by molar-refractivity contribution is 9.10. The van der Waals surface area contributed by atoms with Crippen molar-refractivity contribution in [2.45, 2.75) is 25.2 Å². The molecule has 1 aliphatic heterocycles. The van der Waals surface area contributed by atoms with Crippen molar-refractivity contribution in [3.05, 3.63) is 52.5 Å². The van der Waals surface area contributed by atoms with Gasteiger partial charge in [-0.05, 0) is 49.6 Å². The van der Waals surface area contributed by atoms with Crippen LogP contribution in [0.2, 0.25) is 0 Å². The van der Waals surface area contributed by atoms with Gasteiger partial charge in [0.15, 0.2) is 0 Å². The summed E-state index contributed by atoms with van der Waals surface area (Å²) in [5.74, 6) is 0.151. The predicted octanol–water partition coefficient (Wildman–Crippen LogP) is 3.91. The van der Waals surface area contributed by atoms with Gasteiger partial charge in [-0.1, -0.05) is 28.1 Å². The second kappa shape index (κ2) is 9.36. The van der Waals surface area contributed by atoms with Crippen molar-refractivity contribution in [2.75, 3.05) is 36.1 Å². The van der Waals surface area contributed by atoms with Crippen LogP contribution in [0.4, 0.5) is 11.4 Å². The van der Waals surface area contributed by atoms with E-state index in [2.05, 4.69) is 26.0 Å². The van der Waals surface area contributed by atoms with Gasteiger partial charge in [-0.25, -0.2) is 8.42 Å². The van der Waals surface area contributed by atoms with Crippen LogP contribution in [0.5, 0.6) is 5.75 Å². The second-order valence-corrected chi connectivity index (χ2v) is 10.0. The van der Waals surface area contributed by atoms with E-state index in [1.54, 1.807) is 25.1 Å². The quantitative estimate of drug-likeness (QED) is 0.605. The summed E-state index contributed by atoms with van der Waals surface area (Å²) >= 11 is 3.44. The van der Waals surface area contributed by atoms with E-state index in [-0.39, 0.29) is 11.7 Å². The maximum atomic E-state index is 13.4. The molecule has 7 nitrogen and oxygen atoms in total. The van der Waals surface area contributed by atoms with Gasteiger partial charge < -0.3 is 14.8 Å². The molecule has 0 spiro atoms. The zero-order valence-electron chi connectivity index (χ0n) is 16.9. The van der Waals surface area contributed by atoms with Crippen molar-refractivity contribution in [1.82, 2.24) is 0 Å². The largest absolute Gasteiger partial charge is 0.494 e. The summed E-state index contributed by atoms with van der Waals surface area (Å²) in [6, 6.07) is 12.6. The van der Waals surface area contributed by atoms with Crippen LogP contribution >= 0.6 is 15.9 Å². The SMILES string of the molecule is CCS(=O)(=O)Nc1ccc(NC(=O)C2(c3ccc(Br)cc3)CCOCC2)cc1OC. The minimum atomic E-state index is -3.44. The molecule has 0 radical (unpaired) electrons. The molecule has 0 atom stereocenters. The molecule has 2 N–H and O–H groups in total. The van der Waals surface area contributed by atoms with Gasteiger partial charge in [0.1, 0.15) is 5.75 Å². The van der Waals surface area contributed by atoms with Gasteiger partial charge in [0.05, 0.1) is 24.0 Å². The summed E-state index contributed by atoms with van der Waals surface area (Å²) in [6.45, 7) is 2.56. The Balaban J connectivity index is 1.88. The maximum Gasteiger partial charge on any atom is 0.235 e. The minimum absolute atomic E-state index is 0.0492. The molecular formula is C21H25BrN2O5S. The number of rotatable bonds is 7. The molecule has 0 bridgehead atoms. The molecule has 0 saturated carbocycles. The van der Waals surface area contributed by atoms with E-state index in [0.29, 0.717) is 43.2 Å². The average molecular weight is 497 g/mol. The van der Waals surface area contributed by atoms with E-state index in [1.807, 2.05) is 24.3 Å². The summed E-state index contributed by atoms with van der Waals surface area (Å²) < 4.78 is 38.0. The summed E-state index contributed by atoms with van der Waals surface area (Å²) in [5, 5.41) is 2.98. The molecule has 0 aromatic heterocycles. The highest BCUT2D eigenvalue weighted by Crippen LogP contribution is 2.37. The highest BCUT2D eigenvalue weighted by atomic mass is 79.9. The molecule has 30 heavy (non-hydrogen) atoms. The molecule has 9 heteroatoms. The Labute approximate surface area is 185 Å². The van der Waals surface area contributed by atoms with Gasteiger partial charge in [0.25, 0.3) is 0 Å². The molecule has 0 aliphatic carbocycles. The molecule has 2 aromatic carbocycles. The number of ether oxygens (including phenoxy) is 2. The van der Waals surface area contributed by atoms with E-state index < -0.39 is 15.4 Å². The zero-order valence-corrected chi connectivity index (χ0v) is 19.3. The number of benzene rings is 2. The number of carbonyl (C=O) groups is 1. The first-order valence-corrected chi connectivity index (χ1v) is 12.1. The fraction of sp³-hybridized carbons (Fsp3) is 0.381. The summed E-state index contributed by atoms with van der Waals surface area (Å²) in [4.78, 5) is 13.4. The van der Waals surface area contributed by atoms with Crippen molar-refractivity contribution in [3.63, 3.8) is 0 Å². The maximum absolute atomic E-state index is 13.4. The number of hydrogen-bond acceptors (Lipinski definition) is 5. The Bertz CT molecular complexity index is 1000. The fourth-order valence-corrected chi connectivity index (χ4v) is 4.39. The molecule has 2 aromatic rings. The second-order valence-electron chi connectivity index (χ2n) is 7.08. The van der Waals surface area contributed by atoms with Crippen LogP contribution < -0.4 is 14.8 Å². The third kappa shape index (κ3) is 4.96. The topological polar surface area (TPSA) is 93.7 Å². The van der Waals surface area contributed by atoms with Crippen molar-refractivity contribution in [2.24, 2.45) is 0 Å².